The number of nitrogens with one attached hydrogen (secondary N) is 2. The molecule has 0 bridgehead atoms. The van der Waals surface area contributed by atoms with Crippen molar-refractivity contribution >= 4 is 5.91 Å². The molecule has 2 aliphatic rings. The van der Waals surface area contributed by atoms with Crippen LogP contribution in [0.5, 0.6) is 0 Å². The van der Waals surface area contributed by atoms with Crippen LogP contribution < -0.4 is 10.6 Å². The monoisotopic (exact) mass is 328 g/mol. The standard InChI is InChI=1S/C16H16F4N2O/c17-12-8-10(16(18,19)20)5-6-11(12)14(9-3-4-9)22-15(23)13-2-1-7-21-13/h3,5-6,8,13-14,21H,1-2,4,7H2,(H,22,23)/t13-,14-/m1/s1. The van der Waals surface area contributed by atoms with E-state index in [0.29, 0.717) is 18.9 Å². The third-order valence-corrected chi connectivity index (χ3v) is 4.11. The average molecular weight is 328 g/mol. The van der Waals surface area contributed by atoms with Crippen LogP contribution in [-0.4, -0.2) is 18.5 Å². The van der Waals surface area contributed by atoms with Gasteiger partial charge in [-0.05, 0) is 43.5 Å². The van der Waals surface area contributed by atoms with E-state index in [2.05, 4.69) is 10.6 Å². The van der Waals surface area contributed by atoms with Crippen molar-refractivity contribution in [3.8, 4) is 0 Å². The summed E-state index contributed by atoms with van der Waals surface area (Å²) >= 11 is 0. The maximum absolute atomic E-state index is 14.2. The van der Waals surface area contributed by atoms with Crippen LogP contribution in [0, 0.1) is 5.82 Å². The minimum Gasteiger partial charge on any atom is -0.344 e. The molecule has 1 aromatic rings. The van der Waals surface area contributed by atoms with Gasteiger partial charge < -0.3 is 10.6 Å². The fourth-order valence-electron chi connectivity index (χ4n) is 2.75. The largest absolute Gasteiger partial charge is 0.416 e. The number of alkyl halides is 3. The quantitative estimate of drug-likeness (QED) is 0.659. The molecule has 1 amide bonds. The second kappa shape index (κ2) is 5.96. The molecule has 1 aliphatic carbocycles. The molecule has 23 heavy (non-hydrogen) atoms. The lowest BCUT2D eigenvalue weighted by Gasteiger charge is -2.21. The molecule has 0 radical (unpaired) electrons. The van der Waals surface area contributed by atoms with E-state index in [1.807, 2.05) is 6.08 Å². The average Bonchev–Trinajstić information content (AvgIpc) is 3.17. The molecule has 3 nitrogen and oxygen atoms in total. The number of benzene rings is 1. The molecule has 0 spiro atoms. The van der Waals surface area contributed by atoms with E-state index in [4.69, 9.17) is 0 Å². The smallest absolute Gasteiger partial charge is 0.344 e. The lowest BCUT2D eigenvalue weighted by molar-refractivity contribution is -0.137. The third kappa shape index (κ3) is 3.55. The lowest BCUT2D eigenvalue weighted by atomic mass is 10.0. The van der Waals surface area contributed by atoms with Crippen LogP contribution in [0.15, 0.2) is 29.8 Å². The minimum atomic E-state index is -4.59. The zero-order chi connectivity index (χ0) is 16.6. The Kier molecular flexibility index (Phi) is 4.14. The van der Waals surface area contributed by atoms with Crippen molar-refractivity contribution < 1.29 is 22.4 Å². The number of carbonyl (C=O) groups is 1. The number of hydrogen-bond acceptors (Lipinski definition) is 2. The molecule has 1 saturated heterocycles. The summed E-state index contributed by atoms with van der Waals surface area (Å²) in [6.45, 7) is 0.750. The topological polar surface area (TPSA) is 41.1 Å². The summed E-state index contributed by atoms with van der Waals surface area (Å²) in [7, 11) is 0. The van der Waals surface area contributed by atoms with Crippen LogP contribution >= 0.6 is 0 Å². The molecule has 1 aromatic carbocycles. The Bertz CT molecular complexity index is 648. The van der Waals surface area contributed by atoms with E-state index in [9.17, 15) is 22.4 Å². The van der Waals surface area contributed by atoms with Crippen LogP contribution in [-0.2, 0) is 11.0 Å². The van der Waals surface area contributed by atoms with Crippen molar-refractivity contribution in [1.29, 1.82) is 0 Å². The number of amides is 1. The molecule has 0 saturated carbocycles. The first-order valence-corrected chi connectivity index (χ1v) is 7.45. The van der Waals surface area contributed by atoms with E-state index in [0.717, 1.165) is 30.7 Å². The van der Waals surface area contributed by atoms with E-state index < -0.39 is 23.6 Å². The Morgan fingerprint density at radius 1 is 1.35 bits per heavy atom. The summed E-state index contributed by atoms with van der Waals surface area (Å²) in [6, 6.07) is 1.39. The van der Waals surface area contributed by atoms with Gasteiger partial charge in [0, 0.05) is 5.56 Å². The van der Waals surface area contributed by atoms with Crippen molar-refractivity contribution in [1.82, 2.24) is 10.6 Å². The summed E-state index contributed by atoms with van der Waals surface area (Å²) in [6.07, 6.45) is -0.550. The van der Waals surface area contributed by atoms with Crippen LogP contribution in [0.3, 0.4) is 0 Å². The molecule has 7 heteroatoms. The van der Waals surface area contributed by atoms with Gasteiger partial charge in [-0.1, -0.05) is 12.1 Å². The fourth-order valence-corrected chi connectivity index (χ4v) is 2.75. The van der Waals surface area contributed by atoms with Crippen LogP contribution in [0.1, 0.15) is 36.4 Å². The van der Waals surface area contributed by atoms with Gasteiger partial charge in [0.1, 0.15) is 5.82 Å². The lowest BCUT2D eigenvalue weighted by Crippen LogP contribution is -2.42. The molecule has 1 fully saturated rings. The number of carbonyl (C=O) groups excluding carboxylic acids is 1. The first kappa shape index (κ1) is 16.0. The summed E-state index contributed by atoms with van der Waals surface area (Å²) in [5, 5.41) is 5.79. The third-order valence-electron chi connectivity index (χ3n) is 4.11. The highest BCUT2D eigenvalue weighted by molar-refractivity contribution is 5.83. The zero-order valence-electron chi connectivity index (χ0n) is 12.2. The van der Waals surface area contributed by atoms with Gasteiger partial charge >= 0.3 is 6.18 Å². The maximum atomic E-state index is 14.2. The summed E-state index contributed by atoms with van der Waals surface area (Å²) in [5.74, 6) is -1.21. The summed E-state index contributed by atoms with van der Waals surface area (Å²) in [4.78, 5) is 12.2. The fraction of sp³-hybridized carbons (Fsp3) is 0.438. The van der Waals surface area contributed by atoms with E-state index in [1.165, 1.54) is 0 Å². The molecule has 0 aromatic heterocycles. The van der Waals surface area contributed by atoms with E-state index >= 15 is 0 Å². The molecule has 3 rings (SSSR count). The van der Waals surface area contributed by atoms with Gasteiger partial charge in [0.15, 0.2) is 0 Å². The van der Waals surface area contributed by atoms with E-state index in [-0.39, 0.29) is 17.5 Å². The molecule has 2 N–H and O–H groups in total. The minimum absolute atomic E-state index is 0.0631. The second-order valence-electron chi connectivity index (χ2n) is 5.81. The first-order valence-electron chi connectivity index (χ1n) is 7.45. The first-order chi connectivity index (χ1) is 10.9. The predicted octanol–water partition coefficient (Wildman–Crippen LogP) is 3.08. The normalized spacial score (nSPS) is 21.7. The number of rotatable bonds is 4. The maximum Gasteiger partial charge on any atom is 0.416 e. The molecule has 1 aliphatic heterocycles. The Balaban J connectivity index is 1.81. The predicted molar refractivity (Wildman–Crippen MR) is 76.0 cm³/mol. The second-order valence-corrected chi connectivity index (χ2v) is 5.81. The zero-order valence-corrected chi connectivity index (χ0v) is 12.2. The van der Waals surface area contributed by atoms with Gasteiger partial charge in [0.05, 0.1) is 17.6 Å². The molecular formula is C16H16F4N2O. The van der Waals surface area contributed by atoms with Crippen molar-refractivity contribution in [3.05, 3.63) is 46.8 Å². The van der Waals surface area contributed by atoms with E-state index in [1.54, 1.807) is 0 Å². The van der Waals surface area contributed by atoms with Crippen LogP contribution in [0.25, 0.3) is 0 Å². The highest BCUT2D eigenvalue weighted by atomic mass is 19.4. The van der Waals surface area contributed by atoms with Crippen LogP contribution in [0.2, 0.25) is 0 Å². The van der Waals surface area contributed by atoms with Gasteiger partial charge in [0.25, 0.3) is 0 Å². The Hall–Kier alpha value is -1.89. The number of allylic oxidation sites excluding steroid dienone is 1. The van der Waals surface area contributed by atoms with Crippen LogP contribution in [0.4, 0.5) is 17.6 Å². The Labute approximate surface area is 130 Å². The number of halogens is 4. The van der Waals surface area contributed by atoms with Crippen molar-refractivity contribution in [2.45, 2.75) is 37.5 Å². The Morgan fingerprint density at radius 3 is 2.61 bits per heavy atom. The summed E-state index contributed by atoms with van der Waals surface area (Å²) < 4.78 is 52.0. The highest BCUT2D eigenvalue weighted by Gasteiger charge is 2.34. The molecule has 1 heterocycles. The van der Waals surface area contributed by atoms with Crippen molar-refractivity contribution in [2.75, 3.05) is 6.54 Å². The SMILES string of the molecule is O=C(N[C@H](C1=CC1)c1ccc(C(F)(F)F)cc1F)[C@H]1CCCN1. The van der Waals surface area contributed by atoms with Crippen molar-refractivity contribution in [3.63, 3.8) is 0 Å². The van der Waals surface area contributed by atoms with Crippen molar-refractivity contribution in [2.24, 2.45) is 0 Å². The van der Waals surface area contributed by atoms with Gasteiger partial charge in [0.2, 0.25) is 5.91 Å². The Morgan fingerprint density at radius 2 is 2.09 bits per heavy atom. The molecule has 0 unspecified atom stereocenters. The molecule has 2 atom stereocenters. The van der Waals surface area contributed by atoms with Gasteiger partial charge in [-0.25, -0.2) is 4.39 Å². The summed E-state index contributed by atoms with van der Waals surface area (Å²) in [5.41, 5.74) is -0.158. The number of hydrogen-bond donors (Lipinski definition) is 2. The van der Waals surface area contributed by atoms with Gasteiger partial charge in [-0.2, -0.15) is 13.2 Å². The highest BCUT2D eigenvalue weighted by Crippen LogP contribution is 2.37. The molecular weight excluding hydrogens is 312 g/mol. The molecule has 124 valence electrons. The van der Waals surface area contributed by atoms with Gasteiger partial charge in [-0.15, -0.1) is 0 Å². The van der Waals surface area contributed by atoms with Gasteiger partial charge in [-0.3, -0.25) is 4.79 Å².